The van der Waals surface area contributed by atoms with E-state index in [0.29, 0.717) is 0 Å². The summed E-state index contributed by atoms with van der Waals surface area (Å²) in [4.78, 5) is 12.5. The highest BCUT2D eigenvalue weighted by Crippen LogP contribution is 2.21. The fourth-order valence-electron chi connectivity index (χ4n) is 2.35. The summed E-state index contributed by atoms with van der Waals surface area (Å²) in [5.74, 6) is -0.487. The van der Waals surface area contributed by atoms with E-state index >= 15 is 0 Å². The summed E-state index contributed by atoms with van der Waals surface area (Å²) in [7, 11) is 0. The van der Waals surface area contributed by atoms with Gasteiger partial charge in [0.05, 0.1) is 0 Å². The van der Waals surface area contributed by atoms with Gasteiger partial charge < -0.3 is 8.83 Å². The maximum absolute atomic E-state index is 12.5. The third-order valence-corrected chi connectivity index (χ3v) is 3.84. The lowest BCUT2D eigenvalue weighted by Gasteiger charge is -1.95. The number of hydrogen-bond donors (Lipinski definition) is 0. The Morgan fingerprint density at radius 3 is 1.41 bits per heavy atom. The lowest BCUT2D eigenvalue weighted by atomic mass is 10.1. The fraction of sp³-hybridized carbons (Fsp3) is 0.105. The quantitative estimate of drug-likeness (QED) is 0.491. The first-order valence-corrected chi connectivity index (χ1v) is 7.96. The summed E-state index contributed by atoms with van der Waals surface area (Å²) in [6.07, 6.45) is 0. The monoisotopic (exact) mass is 382 g/mol. The zero-order valence-corrected chi connectivity index (χ0v) is 15.4. The minimum atomic E-state index is -0.610. The molecule has 7 nitrogen and oxygen atoms in total. The first-order chi connectivity index (χ1) is 12.6. The van der Waals surface area contributed by atoms with Crippen molar-refractivity contribution >= 4 is 18.2 Å². The normalized spacial score (nSPS) is 10.4. The Hall–Kier alpha value is -3.32. The Bertz CT molecular complexity index is 983. The van der Waals surface area contributed by atoms with Gasteiger partial charge in [-0.05, 0) is 38.1 Å². The van der Waals surface area contributed by atoms with Crippen LogP contribution < -0.4 is 0 Å². The van der Waals surface area contributed by atoms with Crippen molar-refractivity contribution in [3.05, 3.63) is 71.4 Å². The van der Waals surface area contributed by atoms with E-state index in [9.17, 15) is 4.79 Å². The number of carbonyl (C=O) groups is 1. The zero-order valence-electron chi connectivity index (χ0n) is 14.5. The molecule has 0 aliphatic rings. The number of nitrogens with zero attached hydrogens (tertiary/aromatic N) is 4. The molecule has 0 bridgehead atoms. The lowest BCUT2D eigenvalue weighted by Crippen LogP contribution is -2.02. The number of aromatic nitrogens is 4. The van der Waals surface area contributed by atoms with Crippen LogP contribution >= 0.6 is 12.4 Å². The zero-order chi connectivity index (χ0) is 18.1. The molecule has 2 aromatic heterocycles. The van der Waals surface area contributed by atoms with Crippen molar-refractivity contribution in [1.82, 2.24) is 20.4 Å². The summed E-state index contributed by atoms with van der Waals surface area (Å²) in [6.45, 7) is 3.96. The molecule has 8 heteroatoms. The van der Waals surface area contributed by atoms with Gasteiger partial charge in [0.15, 0.2) is 0 Å². The molecule has 0 saturated heterocycles. The average molecular weight is 383 g/mol. The number of rotatable bonds is 4. The van der Waals surface area contributed by atoms with Gasteiger partial charge in [-0.2, -0.15) is 0 Å². The van der Waals surface area contributed by atoms with Crippen molar-refractivity contribution in [3.8, 4) is 22.9 Å². The predicted octanol–water partition coefficient (Wildman–Crippen LogP) is 4.06. The SMILES string of the molecule is Cc1ccc(-c2nnc(C(=O)c3nnc(-c4ccc(C)cc4)o3)o2)cc1.Cl. The van der Waals surface area contributed by atoms with E-state index in [4.69, 9.17) is 8.83 Å². The first-order valence-electron chi connectivity index (χ1n) is 7.96. The van der Waals surface area contributed by atoms with Crippen molar-refractivity contribution in [1.29, 1.82) is 0 Å². The van der Waals surface area contributed by atoms with E-state index in [-0.39, 0.29) is 36.0 Å². The maximum Gasteiger partial charge on any atom is 0.306 e. The largest absolute Gasteiger partial charge is 0.413 e. The number of halogens is 1. The van der Waals surface area contributed by atoms with E-state index in [2.05, 4.69) is 20.4 Å². The molecule has 0 fully saturated rings. The minimum absolute atomic E-state index is 0. The van der Waals surface area contributed by atoms with Gasteiger partial charge in [0.2, 0.25) is 11.8 Å². The van der Waals surface area contributed by atoms with Crippen molar-refractivity contribution in [2.45, 2.75) is 13.8 Å². The molecule has 2 aromatic carbocycles. The fourth-order valence-corrected chi connectivity index (χ4v) is 2.35. The molecule has 0 saturated carbocycles. The maximum atomic E-state index is 12.5. The van der Waals surface area contributed by atoms with E-state index in [1.807, 2.05) is 62.4 Å². The van der Waals surface area contributed by atoms with Crippen LogP contribution in [-0.2, 0) is 0 Å². The number of hydrogen-bond acceptors (Lipinski definition) is 7. The number of carbonyl (C=O) groups excluding carboxylic acids is 1. The molecule has 0 N–H and O–H groups in total. The van der Waals surface area contributed by atoms with Gasteiger partial charge in [-0.25, -0.2) is 0 Å². The van der Waals surface area contributed by atoms with Crippen LogP contribution in [0.2, 0.25) is 0 Å². The summed E-state index contributed by atoms with van der Waals surface area (Å²) in [5, 5.41) is 15.4. The van der Waals surface area contributed by atoms with Crippen LogP contribution in [-0.4, -0.2) is 26.2 Å². The Morgan fingerprint density at radius 2 is 1.04 bits per heavy atom. The van der Waals surface area contributed by atoms with Crippen molar-refractivity contribution < 1.29 is 13.6 Å². The minimum Gasteiger partial charge on any atom is -0.413 e. The molecule has 0 spiro atoms. The van der Waals surface area contributed by atoms with Gasteiger partial charge in [0.25, 0.3) is 11.8 Å². The van der Waals surface area contributed by atoms with E-state index in [1.165, 1.54) is 0 Å². The summed E-state index contributed by atoms with van der Waals surface area (Å²) in [6, 6.07) is 15.1. The molecule has 0 unspecified atom stereocenters. The Balaban J connectivity index is 0.00000210. The van der Waals surface area contributed by atoms with Gasteiger partial charge in [0.1, 0.15) is 0 Å². The standard InChI is InChI=1S/C19H14N4O3.ClH/c1-11-3-7-13(8-4-11)16-20-22-18(25-16)15(24)19-23-21-17(26-19)14-9-5-12(2)6-10-14;/h3-10H,1-2H3;1H. The second kappa shape index (κ2) is 7.51. The molecule has 27 heavy (non-hydrogen) atoms. The molecule has 136 valence electrons. The van der Waals surface area contributed by atoms with Gasteiger partial charge in [-0.3, -0.25) is 4.79 Å². The number of ketones is 1. The highest BCUT2D eigenvalue weighted by Gasteiger charge is 2.24. The topological polar surface area (TPSA) is 94.9 Å². The first kappa shape index (κ1) is 18.5. The summed E-state index contributed by atoms with van der Waals surface area (Å²) in [5.41, 5.74) is 3.68. The average Bonchev–Trinajstić information content (AvgIpc) is 3.32. The van der Waals surface area contributed by atoms with Crippen LogP contribution in [0, 0.1) is 13.8 Å². The molecule has 0 aliphatic heterocycles. The highest BCUT2D eigenvalue weighted by molar-refractivity contribution is 6.02. The third-order valence-electron chi connectivity index (χ3n) is 3.84. The van der Waals surface area contributed by atoms with E-state index in [1.54, 1.807) is 0 Å². The van der Waals surface area contributed by atoms with Crippen LogP contribution in [0.4, 0.5) is 0 Å². The van der Waals surface area contributed by atoms with Crippen LogP contribution in [0.1, 0.15) is 27.7 Å². The van der Waals surface area contributed by atoms with Crippen LogP contribution in [0.5, 0.6) is 0 Å². The molecule has 4 rings (SSSR count). The molecule has 2 heterocycles. The van der Waals surface area contributed by atoms with Crippen LogP contribution in [0.25, 0.3) is 22.9 Å². The molecule has 0 radical (unpaired) electrons. The van der Waals surface area contributed by atoms with Crippen molar-refractivity contribution in [2.75, 3.05) is 0 Å². The highest BCUT2D eigenvalue weighted by atomic mass is 35.5. The van der Waals surface area contributed by atoms with Crippen molar-refractivity contribution in [2.24, 2.45) is 0 Å². The molecule has 0 aliphatic carbocycles. The molecular formula is C19H15ClN4O3. The Morgan fingerprint density at radius 1 is 0.667 bits per heavy atom. The summed E-state index contributed by atoms with van der Waals surface area (Å²) >= 11 is 0. The van der Waals surface area contributed by atoms with E-state index in [0.717, 1.165) is 22.3 Å². The molecule has 0 atom stereocenters. The lowest BCUT2D eigenvalue weighted by molar-refractivity contribution is 0.0971. The molecule has 0 amide bonds. The van der Waals surface area contributed by atoms with Crippen molar-refractivity contribution in [3.63, 3.8) is 0 Å². The Labute approximate surface area is 160 Å². The van der Waals surface area contributed by atoms with Gasteiger partial charge in [-0.1, -0.05) is 35.4 Å². The second-order valence-electron chi connectivity index (χ2n) is 5.89. The Kier molecular flexibility index (Phi) is 5.14. The second-order valence-corrected chi connectivity index (χ2v) is 5.89. The summed E-state index contributed by atoms with van der Waals surface area (Å²) < 4.78 is 10.9. The molecule has 4 aromatic rings. The van der Waals surface area contributed by atoms with Gasteiger partial charge >= 0.3 is 5.78 Å². The number of aryl methyl sites for hydroxylation is 2. The number of benzene rings is 2. The van der Waals surface area contributed by atoms with Crippen LogP contribution in [0.15, 0.2) is 57.4 Å². The third kappa shape index (κ3) is 3.78. The van der Waals surface area contributed by atoms with Gasteiger partial charge in [-0.15, -0.1) is 32.8 Å². The van der Waals surface area contributed by atoms with Gasteiger partial charge in [0, 0.05) is 11.1 Å². The predicted molar refractivity (Wildman–Crippen MR) is 99.6 cm³/mol. The smallest absolute Gasteiger partial charge is 0.306 e. The van der Waals surface area contributed by atoms with Crippen LogP contribution in [0.3, 0.4) is 0 Å². The molecular weight excluding hydrogens is 368 g/mol. The van der Waals surface area contributed by atoms with E-state index < -0.39 is 5.78 Å².